The Balaban J connectivity index is 1.41. The molecule has 2 aliphatic heterocycles. The largest absolute Gasteiger partial charge is 0.379 e. The van der Waals surface area contributed by atoms with Crippen molar-refractivity contribution in [1.82, 2.24) is 20.4 Å². The highest BCUT2D eigenvalue weighted by Gasteiger charge is 2.25. The molecule has 2 aliphatic rings. The average Bonchev–Trinajstić information content (AvgIpc) is 3.37. The normalized spacial score (nSPS) is 20.0. The van der Waals surface area contributed by atoms with E-state index in [1.54, 1.807) is 11.3 Å². The van der Waals surface area contributed by atoms with Crippen LogP contribution in [-0.2, 0) is 14.3 Å². The lowest BCUT2D eigenvalue weighted by molar-refractivity contribution is -0.139. The second kappa shape index (κ2) is 10.0. The van der Waals surface area contributed by atoms with Crippen LogP contribution in [0.25, 0.3) is 0 Å². The third kappa shape index (κ3) is 5.51. The second-order valence-electron chi connectivity index (χ2n) is 6.74. The zero-order chi connectivity index (χ0) is 18.2. The van der Waals surface area contributed by atoms with E-state index >= 15 is 0 Å². The van der Waals surface area contributed by atoms with Gasteiger partial charge >= 0.3 is 11.8 Å². The van der Waals surface area contributed by atoms with Crippen molar-refractivity contribution in [3.63, 3.8) is 0 Å². The lowest BCUT2D eigenvalue weighted by atomic mass is 10.1. The molecule has 2 saturated heterocycles. The number of ether oxygens (including phenoxy) is 1. The molecule has 0 aromatic carbocycles. The molecule has 2 amide bonds. The minimum Gasteiger partial charge on any atom is -0.379 e. The monoisotopic (exact) mass is 380 g/mol. The summed E-state index contributed by atoms with van der Waals surface area (Å²) in [5, 5.41) is 9.70. The summed E-state index contributed by atoms with van der Waals surface area (Å²) in [6.07, 6.45) is 2.38. The van der Waals surface area contributed by atoms with E-state index in [4.69, 9.17) is 4.74 Å². The van der Waals surface area contributed by atoms with E-state index in [0.29, 0.717) is 13.1 Å². The number of amides is 2. The summed E-state index contributed by atoms with van der Waals surface area (Å²) in [7, 11) is 0. The summed E-state index contributed by atoms with van der Waals surface area (Å²) in [6.45, 7) is 6.99. The van der Waals surface area contributed by atoms with Crippen LogP contribution in [0, 0.1) is 0 Å². The van der Waals surface area contributed by atoms with Gasteiger partial charge in [0.05, 0.1) is 19.3 Å². The van der Waals surface area contributed by atoms with Crippen LogP contribution < -0.4 is 10.6 Å². The Morgan fingerprint density at radius 3 is 2.54 bits per heavy atom. The fraction of sp³-hybridized carbons (Fsp3) is 0.667. The van der Waals surface area contributed by atoms with Crippen LogP contribution >= 0.6 is 11.3 Å². The number of nitrogens with one attached hydrogen (secondary N) is 2. The predicted octanol–water partition coefficient (Wildman–Crippen LogP) is 0.450. The van der Waals surface area contributed by atoms with E-state index in [2.05, 4.69) is 37.3 Å². The second-order valence-corrected chi connectivity index (χ2v) is 7.52. The van der Waals surface area contributed by atoms with E-state index < -0.39 is 11.8 Å². The maximum Gasteiger partial charge on any atom is 0.309 e. The van der Waals surface area contributed by atoms with Gasteiger partial charge in [0.2, 0.25) is 0 Å². The van der Waals surface area contributed by atoms with Gasteiger partial charge in [-0.3, -0.25) is 19.4 Å². The zero-order valence-electron chi connectivity index (χ0n) is 15.1. The predicted molar refractivity (Wildman–Crippen MR) is 101 cm³/mol. The standard InChI is InChI=1S/C18H28N4O3S/c23-17(19-4-7-21-8-10-25-11-9-21)18(24)20-13-16(15-3-12-26-14-15)22-5-1-2-6-22/h3,12,14,16H,1-2,4-11,13H2,(H,19,23)(H,20,24)/t16-/m0/s1. The average molecular weight is 381 g/mol. The Hall–Kier alpha value is -1.48. The van der Waals surface area contributed by atoms with Crippen molar-refractivity contribution < 1.29 is 14.3 Å². The first-order valence-electron chi connectivity index (χ1n) is 9.36. The van der Waals surface area contributed by atoms with Gasteiger partial charge in [-0.1, -0.05) is 0 Å². The highest BCUT2D eigenvalue weighted by molar-refractivity contribution is 7.07. The number of hydrogen-bond donors (Lipinski definition) is 2. The van der Waals surface area contributed by atoms with Crippen molar-refractivity contribution in [3.05, 3.63) is 22.4 Å². The smallest absolute Gasteiger partial charge is 0.309 e. The van der Waals surface area contributed by atoms with Crippen LogP contribution in [0.2, 0.25) is 0 Å². The van der Waals surface area contributed by atoms with Crippen LogP contribution in [0.15, 0.2) is 16.8 Å². The first-order valence-corrected chi connectivity index (χ1v) is 10.3. The first kappa shape index (κ1) is 19.3. The lowest BCUT2D eigenvalue weighted by Crippen LogP contribution is -2.46. The number of rotatable bonds is 7. The minimum absolute atomic E-state index is 0.147. The molecular weight excluding hydrogens is 352 g/mol. The van der Waals surface area contributed by atoms with Crippen molar-refractivity contribution in [3.8, 4) is 0 Å². The van der Waals surface area contributed by atoms with Crippen LogP contribution in [0.5, 0.6) is 0 Å². The highest BCUT2D eigenvalue weighted by Crippen LogP contribution is 2.26. The van der Waals surface area contributed by atoms with E-state index in [-0.39, 0.29) is 6.04 Å². The maximum absolute atomic E-state index is 12.1. The summed E-state index contributed by atoms with van der Waals surface area (Å²) in [5.74, 6) is -1.10. The number of carbonyl (C=O) groups is 2. The van der Waals surface area contributed by atoms with Gasteiger partial charge in [-0.15, -0.1) is 0 Å². The maximum atomic E-state index is 12.1. The third-order valence-corrected chi connectivity index (χ3v) is 5.69. The van der Waals surface area contributed by atoms with Crippen molar-refractivity contribution in [2.75, 3.05) is 59.0 Å². The molecule has 1 aromatic heterocycles. The Labute approximate surface area is 158 Å². The van der Waals surface area contributed by atoms with Crippen LogP contribution in [0.1, 0.15) is 24.4 Å². The SMILES string of the molecule is O=C(NCCN1CCOCC1)C(=O)NC[C@@H](c1ccsc1)N1CCCC1. The molecule has 2 fully saturated rings. The van der Waals surface area contributed by atoms with Gasteiger partial charge in [-0.2, -0.15) is 11.3 Å². The van der Waals surface area contributed by atoms with E-state index in [1.165, 1.54) is 18.4 Å². The fourth-order valence-corrected chi connectivity index (χ4v) is 4.18. The molecule has 3 heterocycles. The van der Waals surface area contributed by atoms with Gasteiger partial charge in [-0.05, 0) is 48.3 Å². The van der Waals surface area contributed by atoms with Gasteiger partial charge < -0.3 is 15.4 Å². The molecule has 144 valence electrons. The van der Waals surface area contributed by atoms with E-state index in [0.717, 1.165) is 45.9 Å². The zero-order valence-corrected chi connectivity index (χ0v) is 15.9. The Bertz CT molecular complexity index is 569. The van der Waals surface area contributed by atoms with Crippen molar-refractivity contribution in [1.29, 1.82) is 0 Å². The number of nitrogens with zero attached hydrogens (tertiary/aromatic N) is 2. The van der Waals surface area contributed by atoms with Crippen LogP contribution in [0.4, 0.5) is 0 Å². The molecule has 0 bridgehead atoms. The molecule has 3 rings (SSSR count). The van der Waals surface area contributed by atoms with E-state index in [9.17, 15) is 9.59 Å². The molecule has 1 atom stereocenters. The molecule has 0 spiro atoms. The Kier molecular flexibility index (Phi) is 7.43. The fourth-order valence-electron chi connectivity index (χ4n) is 3.48. The third-order valence-electron chi connectivity index (χ3n) is 4.99. The quantitative estimate of drug-likeness (QED) is 0.672. The Morgan fingerprint density at radius 1 is 1.12 bits per heavy atom. The topological polar surface area (TPSA) is 73.9 Å². The molecule has 1 aromatic rings. The molecule has 2 N–H and O–H groups in total. The number of thiophene rings is 1. The van der Waals surface area contributed by atoms with Crippen LogP contribution in [-0.4, -0.2) is 80.6 Å². The first-order chi connectivity index (χ1) is 12.7. The number of carbonyl (C=O) groups excluding carboxylic acids is 2. The molecule has 0 aliphatic carbocycles. The van der Waals surface area contributed by atoms with Gasteiger partial charge in [0.25, 0.3) is 0 Å². The van der Waals surface area contributed by atoms with Crippen molar-refractivity contribution in [2.45, 2.75) is 18.9 Å². The van der Waals surface area contributed by atoms with Crippen LogP contribution in [0.3, 0.4) is 0 Å². The Morgan fingerprint density at radius 2 is 1.85 bits per heavy atom. The minimum atomic E-state index is -0.552. The number of likely N-dealkylation sites (tertiary alicyclic amines) is 1. The van der Waals surface area contributed by atoms with Gasteiger partial charge in [0, 0.05) is 32.7 Å². The molecule has 8 heteroatoms. The van der Waals surface area contributed by atoms with Crippen molar-refractivity contribution in [2.24, 2.45) is 0 Å². The van der Waals surface area contributed by atoms with Gasteiger partial charge in [0.1, 0.15) is 0 Å². The molecule has 0 radical (unpaired) electrons. The summed E-state index contributed by atoms with van der Waals surface area (Å²) in [6, 6.07) is 2.25. The summed E-state index contributed by atoms with van der Waals surface area (Å²) < 4.78 is 5.30. The highest BCUT2D eigenvalue weighted by atomic mass is 32.1. The molecule has 0 unspecified atom stereocenters. The summed E-state index contributed by atoms with van der Waals surface area (Å²) in [4.78, 5) is 28.8. The summed E-state index contributed by atoms with van der Waals surface area (Å²) in [5.41, 5.74) is 1.21. The van der Waals surface area contributed by atoms with Crippen molar-refractivity contribution >= 4 is 23.2 Å². The molecular formula is C18H28N4O3S. The van der Waals surface area contributed by atoms with Gasteiger partial charge in [0.15, 0.2) is 0 Å². The molecule has 0 saturated carbocycles. The van der Waals surface area contributed by atoms with Gasteiger partial charge in [-0.25, -0.2) is 0 Å². The molecule has 7 nitrogen and oxygen atoms in total. The molecule has 26 heavy (non-hydrogen) atoms. The number of morpholine rings is 1. The number of hydrogen-bond acceptors (Lipinski definition) is 6. The summed E-state index contributed by atoms with van der Waals surface area (Å²) >= 11 is 1.66. The van der Waals surface area contributed by atoms with E-state index in [1.807, 2.05) is 0 Å². The lowest BCUT2D eigenvalue weighted by Gasteiger charge is -2.27.